The number of carboxylic acid groups (broad SMARTS) is 1. The van der Waals surface area contributed by atoms with Crippen molar-refractivity contribution in [2.75, 3.05) is 12.4 Å². The Morgan fingerprint density at radius 2 is 2.04 bits per heavy atom. The molecule has 0 radical (unpaired) electrons. The second-order valence-electron chi connectivity index (χ2n) is 5.94. The van der Waals surface area contributed by atoms with E-state index in [9.17, 15) is 4.79 Å². The van der Waals surface area contributed by atoms with Gasteiger partial charge in [-0.25, -0.2) is 4.98 Å². The Morgan fingerprint density at radius 3 is 2.74 bits per heavy atom. The standard InChI is InChI=1S/C19H19N5O3/c1-12-9-13(16-5-3-14(23-24-16)4-6-18(25)26)11-15(10-12)21-19-20-8-7-17(22-19)27-2/h3,5,7-11H,4,6H2,1-2H3,(H,25,26)(H,20,21,22). The van der Waals surface area contributed by atoms with Gasteiger partial charge in [0.25, 0.3) is 0 Å². The lowest BCUT2D eigenvalue weighted by Gasteiger charge is -2.09. The summed E-state index contributed by atoms with van der Waals surface area (Å²) in [6.07, 6.45) is 2.01. The molecule has 2 N–H and O–H groups in total. The number of rotatable bonds is 7. The minimum Gasteiger partial charge on any atom is -0.481 e. The highest BCUT2D eigenvalue weighted by molar-refractivity contribution is 5.69. The van der Waals surface area contributed by atoms with Gasteiger partial charge in [0.2, 0.25) is 11.8 Å². The molecule has 0 unspecified atom stereocenters. The molecule has 0 saturated carbocycles. The molecule has 0 fully saturated rings. The first-order chi connectivity index (χ1) is 13.0. The number of benzene rings is 1. The molecule has 0 spiro atoms. The van der Waals surface area contributed by atoms with Crippen LogP contribution in [0.2, 0.25) is 0 Å². The molecule has 0 saturated heterocycles. The van der Waals surface area contributed by atoms with Gasteiger partial charge in [0, 0.05) is 29.9 Å². The summed E-state index contributed by atoms with van der Waals surface area (Å²) in [6, 6.07) is 11.2. The van der Waals surface area contributed by atoms with Crippen LogP contribution >= 0.6 is 0 Å². The Balaban J connectivity index is 1.81. The van der Waals surface area contributed by atoms with Crippen molar-refractivity contribution in [2.24, 2.45) is 0 Å². The number of aromatic nitrogens is 4. The topological polar surface area (TPSA) is 110 Å². The van der Waals surface area contributed by atoms with E-state index in [2.05, 4.69) is 25.5 Å². The third-order valence-electron chi connectivity index (χ3n) is 3.78. The summed E-state index contributed by atoms with van der Waals surface area (Å²) in [4.78, 5) is 19.1. The maximum absolute atomic E-state index is 10.7. The van der Waals surface area contributed by atoms with Crippen LogP contribution in [0.1, 0.15) is 17.7 Å². The van der Waals surface area contributed by atoms with Gasteiger partial charge in [-0.15, -0.1) is 0 Å². The number of carboxylic acids is 1. The highest BCUT2D eigenvalue weighted by Crippen LogP contribution is 2.25. The van der Waals surface area contributed by atoms with Gasteiger partial charge in [-0.3, -0.25) is 4.79 Å². The van der Waals surface area contributed by atoms with Crippen molar-refractivity contribution in [2.45, 2.75) is 19.8 Å². The highest BCUT2D eigenvalue weighted by Gasteiger charge is 2.07. The molecular formula is C19H19N5O3. The second kappa shape index (κ2) is 8.22. The number of ether oxygens (including phenoxy) is 1. The van der Waals surface area contributed by atoms with Gasteiger partial charge in [-0.1, -0.05) is 0 Å². The molecule has 0 aliphatic heterocycles. The summed E-state index contributed by atoms with van der Waals surface area (Å²) in [5, 5.41) is 20.2. The molecule has 3 aromatic rings. The maximum atomic E-state index is 10.7. The van der Waals surface area contributed by atoms with Crippen molar-refractivity contribution >= 4 is 17.6 Å². The Kier molecular flexibility index (Phi) is 5.55. The summed E-state index contributed by atoms with van der Waals surface area (Å²) in [7, 11) is 1.55. The third kappa shape index (κ3) is 4.97. The molecular weight excluding hydrogens is 346 g/mol. The average Bonchev–Trinajstić information content (AvgIpc) is 2.66. The number of hydrogen-bond donors (Lipinski definition) is 2. The molecule has 2 aromatic heterocycles. The summed E-state index contributed by atoms with van der Waals surface area (Å²) in [6.45, 7) is 1.98. The molecule has 0 atom stereocenters. The Labute approximate surface area is 156 Å². The summed E-state index contributed by atoms with van der Waals surface area (Å²) < 4.78 is 5.11. The van der Waals surface area contributed by atoms with Crippen molar-refractivity contribution in [1.82, 2.24) is 20.2 Å². The normalized spacial score (nSPS) is 10.4. The molecule has 8 nitrogen and oxygen atoms in total. The average molecular weight is 365 g/mol. The Bertz CT molecular complexity index is 944. The van der Waals surface area contributed by atoms with Gasteiger partial charge in [0.15, 0.2) is 0 Å². The molecule has 2 heterocycles. The van der Waals surface area contributed by atoms with Crippen LogP contribution in [-0.2, 0) is 11.2 Å². The zero-order chi connectivity index (χ0) is 19.2. The van der Waals surface area contributed by atoms with Crippen LogP contribution in [0.4, 0.5) is 11.6 Å². The zero-order valence-electron chi connectivity index (χ0n) is 15.0. The van der Waals surface area contributed by atoms with E-state index >= 15 is 0 Å². The fourth-order valence-corrected chi connectivity index (χ4v) is 2.53. The van der Waals surface area contributed by atoms with Crippen molar-refractivity contribution in [1.29, 1.82) is 0 Å². The van der Waals surface area contributed by atoms with E-state index in [1.165, 1.54) is 0 Å². The first-order valence-corrected chi connectivity index (χ1v) is 8.34. The lowest BCUT2D eigenvalue weighted by atomic mass is 10.1. The smallest absolute Gasteiger partial charge is 0.303 e. The first kappa shape index (κ1) is 18.2. The summed E-state index contributed by atoms with van der Waals surface area (Å²) in [5.41, 5.74) is 4.09. The minimum absolute atomic E-state index is 0.0348. The molecule has 8 heteroatoms. The minimum atomic E-state index is -0.852. The second-order valence-corrected chi connectivity index (χ2v) is 5.94. The fourth-order valence-electron chi connectivity index (χ4n) is 2.53. The van der Waals surface area contributed by atoms with Crippen molar-refractivity contribution < 1.29 is 14.6 Å². The van der Waals surface area contributed by atoms with Gasteiger partial charge in [-0.2, -0.15) is 15.2 Å². The lowest BCUT2D eigenvalue weighted by Crippen LogP contribution is -2.01. The Morgan fingerprint density at radius 1 is 1.19 bits per heavy atom. The molecule has 1 aromatic carbocycles. The molecule has 0 amide bonds. The number of hydrogen-bond acceptors (Lipinski definition) is 7. The number of methoxy groups -OCH3 is 1. The molecule has 0 aliphatic carbocycles. The lowest BCUT2D eigenvalue weighted by molar-refractivity contribution is -0.136. The van der Waals surface area contributed by atoms with E-state index in [4.69, 9.17) is 9.84 Å². The molecule has 0 aliphatic rings. The molecule has 27 heavy (non-hydrogen) atoms. The highest BCUT2D eigenvalue weighted by atomic mass is 16.5. The summed E-state index contributed by atoms with van der Waals surface area (Å²) in [5.74, 6) is 0.0548. The molecule has 138 valence electrons. The van der Waals surface area contributed by atoms with Gasteiger partial charge in [-0.05, 0) is 42.8 Å². The van der Waals surface area contributed by atoms with Crippen LogP contribution in [0, 0.1) is 6.92 Å². The number of nitrogens with one attached hydrogen (secondary N) is 1. The van der Waals surface area contributed by atoms with Gasteiger partial charge in [0.1, 0.15) is 0 Å². The monoisotopic (exact) mass is 365 g/mol. The predicted molar refractivity (Wildman–Crippen MR) is 100 cm³/mol. The maximum Gasteiger partial charge on any atom is 0.303 e. The van der Waals surface area contributed by atoms with E-state index in [1.54, 1.807) is 25.4 Å². The van der Waals surface area contributed by atoms with E-state index < -0.39 is 5.97 Å². The molecule has 3 rings (SSSR count). The van der Waals surface area contributed by atoms with E-state index in [-0.39, 0.29) is 6.42 Å². The van der Waals surface area contributed by atoms with Gasteiger partial charge < -0.3 is 15.2 Å². The van der Waals surface area contributed by atoms with E-state index in [1.807, 2.05) is 31.2 Å². The SMILES string of the molecule is COc1ccnc(Nc2cc(C)cc(-c3ccc(CCC(=O)O)nn3)c2)n1. The third-order valence-corrected chi connectivity index (χ3v) is 3.78. The fraction of sp³-hybridized carbons (Fsp3) is 0.211. The quantitative estimate of drug-likeness (QED) is 0.657. The number of aryl methyl sites for hydroxylation is 2. The zero-order valence-corrected chi connectivity index (χ0v) is 15.0. The van der Waals surface area contributed by atoms with Crippen LogP contribution in [-0.4, -0.2) is 38.4 Å². The van der Waals surface area contributed by atoms with Crippen LogP contribution in [0.3, 0.4) is 0 Å². The van der Waals surface area contributed by atoms with Crippen molar-refractivity contribution in [3.05, 3.63) is 53.9 Å². The summed E-state index contributed by atoms with van der Waals surface area (Å²) >= 11 is 0. The van der Waals surface area contributed by atoms with Crippen molar-refractivity contribution in [3.8, 4) is 17.1 Å². The van der Waals surface area contributed by atoms with Crippen LogP contribution in [0.15, 0.2) is 42.6 Å². The number of aliphatic carboxylic acids is 1. The Hall–Kier alpha value is -3.55. The first-order valence-electron chi connectivity index (χ1n) is 8.34. The van der Waals surface area contributed by atoms with E-state index in [0.29, 0.717) is 29.6 Å². The largest absolute Gasteiger partial charge is 0.481 e. The number of anilines is 2. The predicted octanol–water partition coefficient (Wildman–Crippen LogP) is 3.01. The molecule has 0 bridgehead atoms. The van der Waals surface area contributed by atoms with Gasteiger partial charge in [0.05, 0.1) is 24.9 Å². The van der Waals surface area contributed by atoms with Crippen LogP contribution < -0.4 is 10.1 Å². The van der Waals surface area contributed by atoms with Gasteiger partial charge >= 0.3 is 5.97 Å². The van der Waals surface area contributed by atoms with Crippen LogP contribution in [0.25, 0.3) is 11.3 Å². The number of carbonyl (C=O) groups is 1. The number of nitrogens with zero attached hydrogens (tertiary/aromatic N) is 4. The van der Waals surface area contributed by atoms with E-state index in [0.717, 1.165) is 16.8 Å². The van der Waals surface area contributed by atoms with Crippen LogP contribution in [0.5, 0.6) is 5.88 Å². The van der Waals surface area contributed by atoms with Crippen molar-refractivity contribution in [3.63, 3.8) is 0 Å².